The predicted molar refractivity (Wildman–Crippen MR) is 199 cm³/mol. The van der Waals surface area contributed by atoms with Crippen LogP contribution in [0.5, 0.6) is 0 Å². The fraction of sp³-hybridized carbons (Fsp3) is 0. The SMILES string of the molecule is c1ccc(-c2nc(-c3cc(-n4c5ccccc5c5cc6ccccc6cc54)c4c(c3)oc3ccccc34)nc3c2oc2ccccc23)cc1. The molecule has 7 aromatic carbocycles. The van der Waals surface area contributed by atoms with Crippen LogP contribution in [0.3, 0.4) is 0 Å². The minimum absolute atomic E-state index is 0.604. The van der Waals surface area contributed by atoms with Gasteiger partial charge in [-0.1, -0.05) is 103 Å². The van der Waals surface area contributed by atoms with Gasteiger partial charge in [-0.25, -0.2) is 9.97 Å². The first-order valence-corrected chi connectivity index (χ1v) is 16.4. The molecule has 0 aliphatic heterocycles. The van der Waals surface area contributed by atoms with Crippen LogP contribution in [0.15, 0.2) is 160 Å². The number of hydrogen-bond acceptors (Lipinski definition) is 4. The Hall–Kier alpha value is -6.72. The van der Waals surface area contributed by atoms with Crippen LogP contribution in [0.1, 0.15) is 0 Å². The Balaban J connectivity index is 1.28. The zero-order valence-corrected chi connectivity index (χ0v) is 26.1. The lowest BCUT2D eigenvalue weighted by Crippen LogP contribution is -1.98. The molecular weight excluding hydrogens is 603 g/mol. The fourth-order valence-corrected chi connectivity index (χ4v) is 7.56. The van der Waals surface area contributed by atoms with Crippen LogP contribution in [0.4, 0.5) is 0 Å². The van der Waals surface area contributed by atoms with Gasteiger partial charge in [0.25, 0.3) is 0 Å². The first-order valence-electron chi connectivity index (χ1n) is 16.4. The zero-order chi connectivity index (χ0) is 32.1. The van der Waals surface area contributed by atoms with Crippen LogP contribution < -0.4 is 0 Å². The van der Waals surface area contributed by atoms with Crippen molar-refractivity contribution in [1.82, 2.24) is 14.5 Å². The Morgan fingerprint density at radius 3 is 1.96 bits per heavy atom. The summed E-state index contributed by atoms with van der Waals surface area (Å²) < 4.78 is 15.4. The summed E-state index contributed by atoms with van der Waals surface area (Å²) in [5.41, 5.74) is 9.72. The van der Waals surface area contributed by atoms with Crippen molar-refractivity contribution < 1.29 is 8.83 Å². The smallest absolute Gasteiger partial charge is 0.180 e. The molecule has 0 saturated carbocycles. The molecule has 0 bridgehead atoms. The van der Waals surface area contributed by atoms with Crippen LogP contribution in [0.25, 0.3) is 105 Å². The average Bonchev–Trinajstić information content (AvgIpc) is 3.83. The van der Waals surface area contributed by atoms with Crippen molar-refractivity contribution >= 4 is 76.6 Å². The molecule has 0 spiro atoms. The number of benzene rings is 7. The van der Waals surface area contributed by atoms with Gasteiger partial charge in [0.1, 0.15) is 28.0 Å². The molecule has 4 aromatic heterocycles. The van der Waals surface area contributed by atoms with Gasteiger partial charge in [-0.2, -0.15) is 0 Å². The molecule has 5 nitrogen and oxygen atoms in total. The van der Waals surface area contributed by atoms with Crippen molar-refractivity contribution in [2.75, 3.05) is 0 Å². The number of furan rings is 2. The first-order chi connectivity index (χ1) is 24.3. The maximum absolute atomic E-state index is 6.62. The zero-order valence-electron chi connectivity index (χ0n) is 26.1. The van der Waals surface area contributed by atoms with E-state index in [1.165, 1.54) is 21.5 Å². The Morgan fingerprint density at radius 2 is 1.12 bits per heavy atom. The lowest BCUT2D eigenvalue weighted by Gasteiger charge is -2.13. The van der Waals surface area contributed by atoms with Gasteiger partial charge in [0.2, 0.25) is 0 Å². The molecule has 0 atom stereocenters. The highest BCUT2D eigenvalue weighted by atomic mass is 16.3. The fourth-order valence-electron chi connectivity index (χ4n) is 7.56. The van der Waals surface area contributed by atoms with E-state index >= 15 is 0 Å². The molecule has 228 valence electrons. The quantitative estimate of drug-likeness (QED) is 0.196. The Morgan fingerprint density at radius 1 is 0.449 bits per heavy atom. The number of nitrogens with zero attached hydrogens (tertiary/aromatic N) is 3. The van der Waals surface area contributed by atoms with E-state index in [4.69, 9.17) is 18.8 Å². The van der Waals surface area contributed by atoms with Crippen molar-refractivity contribution in [2.45, 2.75) is 0 Å². The number of aromatic nitrogens is 3. The Kier molecular flexibility index (Phi) is 5.32. The summed E-state index contributed by atoms with van der Waals surface area (Å²) in [5.74, 6) is 0.604. The number of hydrogen-bond donors (Lipinski definition) is 0. The lowest BCUT2D eigenvalue weighted by molar-refractivity contribution is 0.667. The van der Waals surface area contributed by atoms with Crippen molar-refractivity contribution in [1.29, 1.82) is 0 Å². The summed E-state index contributed by atoms with van der Waals surface area (Å²) in [6.45, 7) is 0. The topological polar surface area (TPSA) is 57.0 Å². The molecule has 49 heavy (non-hydrogen) atoms. The summed E-state index contributed by atoms with van der Waals surface area (Å²) >= 11 is 0. The molecule has 0 amide bonds. The molecule has 4 heterocycles. The van der Waals surface area contributed by atoms with E-state index in [1.807, 2.05) is 48.5 Å². The van der Waals surface area contributed by atoms with Crippen LogP contribution in [0, 0.1) is 0 Å². The second kappa shape index (κ2) is 9.89. The maximum atomic E-state index is 6.62. The third-order valence-corrected chi connectivity index (χ3v) is 9.76. The minimum Gasteiger partial charge on any atom is -0.456 e. The standard InChI is InChI=1S/C44H25N3O2/c1-2-12-26(13-3-1)41-43-42(32-18-8-11-21-38(32)49-43)46-44(45-41)29-24-36(40-31-17-7-10-20-37(31)48-39(40)25-29)47-34-19-9-6-16-30(34)33-22-27-14-4-5-15-28(27)23-35(33)47/h1-25H. The van der Waals surface area contributed by atoms with Gasteiger partial charge >= 0.3 is 0 Å². The van der Waals surface area contributed by atoms with E-state index in [0.717, 1.165) is 72.0 Å². The van der Waals surface area contributed by atoms with Crippen LogP contribution >= 0.6 is 0 Å². The Bertz CT molecular complexity index is 3110. The summed E-state index contributed by atoms with van der Waals surface area (Å²) in [7, 11) is 0. The lowest BCUT2D eigenvalue weighted by atomic mass is 10.0. The second-order valence-electron chi connectivity index (χ2n) is 12.6. The second-order valence-corrected chi connectivity index (χ2v) is 12.6. The van der Waals surface area contributed by atoms with Crippen molar-refractivity contribution in [2.24, 2.45) is 0 Å². The molecular formula is C44H25N3O2. The third-order valence-electron chi connectivity index (χ3n) is 9.76. The van der Waals surface area contributed by atoms with Crippen molar-refractivity contribution in [3.05, 3.63) is 152 Å². The summed E-state index contributed by atoms with van der Waals surface area (Å²) in [6.07, 6.45) is 0. The van der Waals surface area contributed by atoms with E-state index in [9.17, 15) is 0 Å². The molecule has 0 radical (unpaired) electrons. The molecule has 11 aromatic rings. The molecule has 0 aliphatic carbocycles. The predicted octanol–water partition coefficient (Wildman–Crippen LogP) is 11.9. The third kappa shape index (κ3) is 3.81. The van der Waals surface area contributed by atoms with Gasteiger partial charge in [0, 0.05) is 32.7 Å². The molecule has 11 rings (SSSR count). The van der Waals surface area contributed by atoms with Crippen LogP contribution in [-0.4, -0.2) is 14.5 Å². The largest absolute Gasteiger partial charge is 0.456 e. The average molecular weight is 628 g/mol. The number of rotatable bonds is 3. The molecule has 0 fully saturated rings. The van der Waals surface area contributed by atoms with Gasteiger partial charge in [-0.3, -0.25) is 0 Å². The first kappa shape index (κ1) is 26.4. The normalized spacial score (nSPS) is 12.1. The van der Waals surface area contributed by atoms with E-state index in [2.05, 4.69) is 108 Å². The molecule has 5 heteroatoms. The molecule has 0 unspecified atom stereocenters. The highest BCUT2D eigenvalue weighted by molar-refractivity contribution is 6.17. The van der Waals surface area contributed by atoms with E-state index in [1.54, 1.807) is 0 Å². The van der Waals surface area contributed by atoms with Gasteiger partial charge < -0.3 is 13.4 Å². The van der Waals surface area contributed by atoms with Gasteiger partial charge in [-0.15, -0.1) is 0 Å². The number of fused-ring (bicyclic) bond motifs is 10. The maximum Gasteiger partial charge on any atom is 0.180 e. The van der Waals surface area contributed by atoms with Crippen molar-refractivity contribution in [3.63, 3.8) is 0 Å². The summed E-state index contributed by atoms with van der Waals surface area (Å²) in [5, 5.41) is 7.88. The van der Waals surface area contributed by atoms with E-state index < -0.39 is 0 Å². The van der Waals surface area contributed by atoms with Gasteiger partial charge in [0.05, 0.1) is 22.1 Å². The molecule has 0 saturated heterocycles. The van der Waals surface area contributed by atoms with Gasteiger partial charge in [0.15, 0.2) is 11.4 Å². The summed E-state index contributed by atoms with van der Waals surface area (Å²) in [4.78, 5) is 10.4. The minimum atomic E-state index is 0.604. The van der Waals surface area contributed by atoms with E-state index in [-0.39, 0.29) is 0 Å². The van der Waals surface area contributed by atoms with Crippen molar-refractivity contribution in [3.8, 4) is 28.3 Å². The van der Waals surface area contributed by atoms with Gasteiger partial charge in [-0.05, 0) is 59.3 Å². The Labute approximate surface area is 279 Å². The highest BCUT2D eigenvalue weighted by Gasteiger charge is 2.23. The number of para-hydroxylation sites is 3. The molecule has 0 N–H and O–H groups in total. The monoisotopic (exact) mass is 627 g/mol. The highest BCUT2D eigenvalue weighted by Crippen LogP contribution is 2.42. The van der Waals surface area contributed by atoms with Crippen LogP contribution in [-0.2, 0) is 0 Å². The summed E-state index contributed by atoms with van der Waals surface area (Å²) in [6, 6.07) is 52.6. The van der Waals surface area contributed by atoms with E-state index in [0.29, 0.717) is 11.4 Å². The molecule has 0 aliphatic rings. The van der Waals surface area contributed by atoms with Crippen LogP contribution in [0.2, 0.25) is 0 Å².